The fraction of sp³-hybridized carbons (Fsp3) is 0.562. The van der Waals surface area contributed by atoms with Gasteiger partial charge in [0.2, 0.25) is 0 Å². The lowest BCUT2D eigenvalue weighted by Gasteiger charge is -2.31. The molecular weight excluding hydrogens is 252 g/mol. The van der Waals surface area contributed by atoms with Gasteiger partial charge in [0.25, 0.3) is 5.91 Å². The lowest BCUT2D eigenvalue weighted by molar-refractivity contribution is 0.0885. The van der Waals surface area contributed by atoms with Gasteiger partial charge in [-0.1, -0.05) is 26.8 Å². The van der Waals surface area contributed by atoms with Crippen molar-refractivity contribution in [1.29, 1.82) is 0 Å². The van der Waals surface area contributed by atoms with Crippen molar-refractivity contribution in [3.8, 4) is 0 Å². The normalized spacial score (nSPS) is 15.4. The Morgan fingerprint density at radius 3 is 2.85 bits per heavy atom. The van der Waals surface area contributed by atoms with Crippen LogP contribution in [-0.4, -0.2) is 30.2 Å². The SMILES string of the molecule is CC(C)(C)C(CCO)NC(=O)c1ccc2c(c1)NCC2. The van der Waals surface area contributed by atoms with Crippen LogP contribution in [0.1, 0.15) is 43.1 Å². The molecule has 0 saturated heterocycles. The molecule has 110 valence electrons. The molecular formula is C16H24N2O2. The molecule has 1 amide bonds. The second-order valence-electron chi connectivity index (χ2n) is 6.45. The number of benzene rings is 1. The van der Waals surface area contributed by atoms with E-state index in [2.05, 4.69) is 31.4 Å². The molecule has 20 heavy (non-hydrogen) atoms. The minimum absolute atomic E-state index is 0.0405. The Labute approximate surface area is 120 Å². The highest BCUT2D eigenvalue weighted by Gasteiger charge is 2.26. The number of carbonyl (C=O) groups is 1. The lowest BCUT2D eigenvalue weighted by Crippen LogP contribution is -2.44. The summed E-state index contributed by atoms with van der Waals surface area (Å²) in [7, 11) is 0. The molecule has 2 rings (SSSR count). The van der Waals surface area contributed by atoms with Crippen LogP contribution in [0.5, 0.6) is 0 Å². The quantitative estimate of drug-likeness (QED) is 0.790. The summed E-state index contributed by atoms with van der Waals surface area (Å²) in [6.45, 7) is 7.22. The first kappa shape index (κ1) is 14.9. The molecule has 1 aromatic carbocycles. The molecule has 0 aliphatic carbocycles. The highest BCUT2D eigenvalue weighted by atomic mass is 16.3. The molecule has 0 bridgehead atoms. The van der Waals surface area contributed by atoms with Crippen LogP contribution >= 0.6 is 0 Å². The zero-order chi connectivity index (χ0) is 14.8. The standard InChI is InChI=1S/C16H24N2O2/c1-16(2,3)14(7-9-19)18-15(20)12-5-4-11-6-8-17-13(11)10-12/h4-5,10,14,17,19H,6-9H2,1-3H3,(H,18,20). The van der Waals surface area contributed by atoms with Crippen molar-refractivity contribution >= 4 is 11.6 Å². The van der Waals surface area contributed by atoms with E-state index in [0.717, 1.165) is 18.7 Å². The van der Waals surface area contributed by atoms with Gasteiger partial charge in [0.1, 0.15) is 0 Å². The number of carbonyl (C=O) groups excluding carboxylic acids is 1. The summed E-state index contributed by atoms with van der Waals surface area (Å²) in [5.74, 6) is -0.0742. The van der Waals surface area contributed by atoms with Crippen LogP contribution in [0.2, 0.25) is 0 Å². The third-order valence-electron chi connectivity index (χ3n) is 3.85. The number of hydrogen-bond acceptors (Lipinski definition) is 3. The maximum absolute atomic E-state index is 12.4. The Bertz CT molecular complexity index is 492. The molecule has 0 fully saturated rings. The van der Waals surface area contributed by atoms with Crippen LogP contribution in [-0.2, 0) is 6.42 Å². The summed E-state index contributed by atoms with van der Waals surface area (Å²) in [5.41, 5.74) is 2.93. The Hall–Kier alpha value is -1.55. The minimum atomic E-state index is -0.0760. The van der Waals surface area contributed by atoms with Crippen molar-refractivity contribution < 1.29 is 9.90 Å². The van der Waals surface area contributed by atoms with Crippen LogP contribution in [0.15, 0.2) is 18.2 Å². The van der Waals surface area contributed by atoms with E-state index in [4.69, 9.17) is 5.11 Å². The van der Waals surface area contributed by atoms with Crippen molar-refractivity contribution in [2.75, 3.05) is 18.5 Å². The summed E-state index contributed by atoms with van der Waals surface area (Å²) in [5, 5.41) is 15.5. The van der Waals surface area contributed by atoms with Crippen LogP contribution < -0.4 is 10.6 Å². The predicted molar refractivity (Wildman–Crippen MR) is 81.0 cm³/mol. The summed E-state index contributed by atoms with van der Waals surface area (Å²) >= 11 is 0. The fourth-order valence-electron chi connectivity index (χ4n) is 2.52. The second-order valence-corrected chi connectivity index (χ2v) is 6.45. The number of aliphatic hydroxyl groups excluding tert-OH is 1. The monoisotopic (exact) mass is 276 g/mol. The molecule has 0 aromatic heterocycles. The van der Waals surface area contributed by atoms with Crippen molar-refractivity contribution in [3.05, 3.63) is 29.3 Å². The minimum Gasteiger partial charge on any atom is -0.396 e. The van der Waals surface area contributed by atoms with Gasteiger partial charge < -0.3 is 15.7 Å². The van der Waals surface area contributed by atoms with E-state index in [1.54, 1.807) is 0 Å². The van der Waals surface area contributed by atoms with Crippen molar-refractivity contribution in [2.45, 2.75) is 39.7 Å². The summed E-state index contributed by atoms with van der Waals surface area (Å²) in [4.78, 5) is 12.4. The van der Waals surface area contributed by atoms with E-state index in [-0.39, 0.29) is 24.0 Å². The Kier molecular flexibility index (Phi) is 4.33. The number of anilines is 1. The topological polar surface area (TPSA) is 61.4 Å². The van der Waals surface area contributed by atoms with Gasteiger partial charge in [-0.2, -0.15) is 0 Å². The van der Waals surface area contributed by atoms with Gasteiger partial charge in [-0.05, 0) is 36.0 Å². The Balaban J connectivity index is 2.11. The van der Waals surface area contributed by atoms with Gasteiger partial charge in [-0.25, -0.2) is 0 Å². The number of amides is 1. The van der Waals surface area contributed by atoms with Crippen LogP contribution in [0, 0.1) is 5.41 Å². The first-order valence-electron chi connectivity index (χ1n) is 7.20. The van der Waals surface area contributed by atoms with E-state index < -0.39 is 0 Å². The van der Waals surface area contributed by atoms with E-state index in [0.29, 0.717) is 12.0 Å². The van der Waals surface area contributed by atoms with Crippen molar-refractivity contribution in [3.63, 3.8) is 0 Å². The smallest absolute Gasteiger partial charge is 0.251 e. The van der Waals surface area contributed by atoms with E-state index in [1.165, 1.54) is 5.56 Å². The molecule has 3 N–H and O–H groups in total. The largest absolute Gasteiger partial charge is 0.396 e. The molecule has 0 saturated carbocycles. The van der Waals surface area contributed by atoms with Crippen LogP contribution in [0.4, 0.5) is 5.69 Å². The van der Waals surface area contributed by atoms with Crippen molar-refractivity contribution in [1.82, 2.24) is 5.32 Å². The van der Waals surface area contributed by atoms with Gasteiger partial charge in [0.05, 0.1) is 0 Å². The highest BCUT2D eigenvalue weighted by molar-refractivity contribution is 5.95. The average molecular weight is 276 g/mol. The molecule has 1 aliphatic rings. The zero-order valence-electron chi connectivity index (χ0n) is 12.5. The number of nitrogens with one attached hydrogen (secondary N) is 2. The summed E-state index contributed by atoms with van der Waals surface area (Å²) in [6.07, 6.45) is 1.59. The molecule has 1 aliphatic heterocycles. The van der Waals surface area contributed by atoms with E-state index >= 15 is 0 Å². The molecule has 4 nitrogen and oxygen atoms in total. The van der Waals surface area contributed by atoms with Gasteiger partial charge in [0.15, 0.2) is 0 Å². The Morgan fingerprint density at radius 2 is 2.20 bits per heavy atom. The van der Waals surface area contributed by atoms with Gasteiger partial charge in [-0.3, -0.25) is 4.79 Å². The summed E-state index contributed by atoms with van der Waals surface area (Å²) in [6, 6.07) is 5.76. The number of hydrogen-bond donors (Lipinski definition) is 3. The third kappa shape index (κ3) is 3.31. The number of rotatable bonds is 4. The molecule has 1 heterocycles. The molecule has 1 aromatic rings. The van der Waals surface area contributed by atoms with Gasteiger partial charge in [-0.15, -0.1) is 0 Å². The number of fused-ring (bicyclic) bond motifs is 1. The van der Waals surface area contributed by atoms with Gasteiger partial charge in [0, 0.05) is 30.4 Å². The number of aliphatic hydroxyl groups is 1. The van der Waals surface area contributed by atoms with Gasteiger partial charge >= 0.3 is 0 Å². The fourth-order valence-corrected chi connectivity index (χ4v) is 2.52. The molecule has 1 unspecified atom stereocenters. The van der Waals surface area contributed by atoms with E-state index in [9.17, 15) is 4.79 Å². The summed E-state index contributed by atoms with van der Waals surface area (Å²) < 4.78 is 0. The first-order valence-corrected chi connectivity index (χ1v) is 7.20. The first-order chi connectivity index (χ1) is 9.41. The lowest BCUT2D eigenvalue weighted by atomic mass is 9.84. The van der Waals surface area contributed by atoms with Crippen LogP contribution in [0.25, 0.3) is 0 Å². The zero-order valence-corrected chi connectivity index (χ0v) is 12.5. The average Bonchev–Trinajstić information content (AvgIpc) is 2.84. The molecule has 0 spiro atoms. The van der Waals surface area contributed by atoms with E-state index in [1.807, 2.05) is 18.2 Å². The predicted octanol–water partition coefficient (Wildman–Crippen LogP) is 2.18. The second kappa shape index (κ2) is 5.83. The van der Waals surface area contributed by atoms with Crippen LogP contribution in [0.3, 0.4) is 0 Å². The molecule has 0 radical (unpaired) electrons. The Morgan fingerprint density at radius 1 is 1.45 bits per heavy atom. The molecule has 4 heteroatoms. The third-order valence-corrected chi connectivity index (χ3v) is 3.85. The molecule has 1 atom stereocenters. The highest BCUT2D eigenvalue weighted by Crippen LogP contribution is 2.25. The maximum atomic E-state index is 12.4. The maximum Gasteiger partial charge on any atom is 0.251 e. The van der Waals surface area contributed by atoms with Crippen molar-refractivity contribution in [2.24, 2.45) is 5.41 Å².